The van der Waals surface area contributed by atoms with Gasteiger partial charge in [-0.25, -0.2) is 8.78 Å². The summed E-state index contributed by atoms with van der Waals surface area (Å²) >= 11 is 6.08. The molecule has 0 bridgehead atoms. The highest BCUT2D eigenvalue weighted by molar-refractivity contribution is 6.30. The molecule has 3 aromatic rings. The first-order chi connectivity index (χ1) is 15.7. The van der Waals surface area contributed by atoms with E-state index in [0.29, 0.717) is 34.8 Å². The average Bonchev–Trinajstić information content (AvgIpc) is 3.27. The van der Waals surface area contributed by atoms with Crippen molar-refractivity contribution in [3.63, 3.8) is 0 Å². The van der Waals surface area contributed by atoms with Crippen molar-refractivity contribution in [2.24, 2.45) is 0 Å². The molecule has 0 radical (unpaired) electrons. The van der Waals surface area contributed by atoms with Crippen LogP contribution in [0.25, 0.3) is 11.3 Å². The number of benzene rings is 1. The Balaban J connectivity index is 0.000000357. The molecule has 1 N–H and O–H groups in total. The van der Waals surface area contributed by atoms with Crippen LogP contribution in [0.5, 0.6) is 0 Å². The van der Waals surface area contributed by atoms with Crippen LogP contribution in [-0.2, 0) is 0 Å². The molecule has 2 heterocycles. The van der Waals surface area contributed by atoms with Gasteiger partial charge in [-0.05, 0) is 62.1 Å². The van der Waals surface area contributed by atoms with E-state index in [0.717, 1.165) is 42.3 Å². The van der Waals surface area contributed by atoms with Gasteiger partial charge in [0.1, 0.15) is 17.3 Å². The van der Waals surface area contributed by atoms with Crippen molar-refractivity contribution in [2.45, 2.75) is 33.6 Å². The van der Waals surface area contributed by atoms with Gasteiger partial charge in [0.15, 0.2) is 12.0 Å². The molecule has 0 aliphatic rings. The summed E-state index contributed by atoms with van der Waals surface area (Å²) < 4.78 is 29.4. The number of nitrogens with one attached hydrogen (secondary N) is 1. The summed E-state index contributed by atoms with van der Waals surface area (Å²) in [7, 11) is 0. The van der Waals surface area contributed by atoms with Gasteiger partial charge in [-0.15, -0.1) is 0 Å². The summed E-state index contributed by atoms with van der Waals surface area (Å²) in [5.74, 6) is -0.578. The van der Waals surface area contributed by atoms with Crippen LogP contribution in [0.2, 0.25) is 5.02 Å². The topological polar surface area (TPSA) is 68.0 Å². The molecule has 0 saturated carbocycles. The highest BCUT2D eigenvalue weighted by Gasteiger charge is 2.09. The molecule has 2 aromatic heterocycles. The number of halogens is 3. The Morgan fingerprint density at radius 1 is 1.24 bits per heavy atom. The molecule has 0 atom stereocenters. The predicted molar refractivity (Wildman–Crippen MR) is 127 cm³/mol. The van der Waals surface area contributed by atoms with Crippen molar-refractivity contribution in [2.75, 3.05) is 6.54 Å². The fraction of sp³-hybridized carbons (Fsp3) is 0.240. The largest absolute Gasteiger partial charge is 0.383 e. The van der Waals surface area contributed by atoms with Gasteiger partial charge in [0.25, 0.3) is 0 Å². The third kappa shape index (κ3) is 7.95. The maximum atomic E-state index is 12.3. The van der Waals surface area contributed by atoms with Gasteiger partial charge in [0, 0.05) is 30.1 Å². The predicted octanol–water partition coefficient (Wildman–Crippen LogP) is 6.56. The zero-order valence-corrected chi connectivity index (χ0v) is 19.5. The van der Waals surface area contributed by atoms with Crippen LogP contribution in [0.3, 0.4) is 0 Å². The number of aldehydes is 1. The molecule has 8 heteroatoms. The smallest absolute Gasteiger partial charge is 0.199 e. The molecule has 174 valence electrons. The first-order valence-corrected chi connectivity index (χ1v) is 10.7. The molecule has 5 nitrogen and oxygen atoms in total. The second kappa shape index (κ2) is 12.6. The minimum atomic E-state index is -0.395. The Labute approximate surface area is 197 Å². The minimum Gasteiger partial charge on any atom is -0.383 e. The van der Waals surface area contributed by atoms with E-state index in [1.807, 2.05) is 13.0 Å². The Morgan fingerprint density at radius 3 is 2.61 bits per heavy atom. The highest BCUT2D eigenvalue weighted by Crippen LogP contribution is 2.24. The summed E-state index contributed by atoms with van der Waals surface area (Å²) in [6.45, 7) is 10.2. The molecule has 0 aliphatic carbocycles. The maximum absolute atomic E-state index is 12.3. The van der Waals surface area contributed by atoms with Crippen LogP contribution in [0, 0.1) is 25.5 Å². The van der Waals surface area contributed by atoms with Crippen LogP contribution in [0.4, 0.5) is 8.78 Å². The van der Waals surface area contributed by atoms with Gasteiger partial charge in [0.05, 0.1) is 10.7 Å². The number of carbonyl (C=O) groups excluding carboxylic acids is 1. The van der Waals surface area contributed by atoms with Crippen molar-refractivity contribution >= 4 is 29.2 Å². The third-order valence-electron chi connectivity index (χ3n) is 4.66. The SMILES string of the molecule is C=C(NCC/C(=C/CC)c1cc(Cl)cnc1C)c1cc(C=O)on1.Cc1cc(F)ccc1F. The van der Waals surface area contributed by atoms with E-state index in [4.69, 9.17) is 16.1 Å². The van der Waals surface area contributed by atoms with Crippen LogP contribution in [-0.4, -0.2) is 23.0 Å². The molecule has 0 fully saturated rings. The maximum Gasteiger partial charge on any atom is 0.199 e. The van der Waals surface area contributed by atoms with E-state index < -0.39 is 5.82 Å². The second-order valence-corrected chi connectivity index (χ2v) is 7.64. The lowest BCUT2D eigenvalue weighted by Gasteiger charge is -2.12. The molecule has 0 aliphatic heterocycles. The highest BCUT2D eigenvalue weighted by atomic mass is 35.5. The molecule has 0 saturated heterocycles. The van der Waals surface area contributed by atoms with Gasteiger partial charge < -0.3 is 9.84 Å². The number of rotatable bonds is 8. The first kappa shape index (κ1) is 25.9. The van der Waals surface area contributed by atoms with Crippen molar-refractivity contribution in [3.8, 4) is 0 Å². The van der Waals surface area contributed by atoms with E-state index in [1.54, 1.807) is 12.3 Å². The van der Waals surface area contributed by atoms with Crippen LogP contribution < -0.4 is 5.32 Å². The van der Waals surface area contributed by atoms with E-state index in [2.05, 4.69) is 35.0 Å². The molecular weight excluding hydrogens is 448 g/mol. The van der Waals surface area contributed by atoms with Crippen LogP contribution in [0.1, 0.15) is 52.8 Å². The van der Waals surface area contributed by atoms with Crippen molar-refractivity contribution in [1.29, 1.82) is 0 Å². The third-order valence-corrected chi connectivity index (χ3v) is 4.86. The van der Waals surface area contributed by atoms with Gasteiger partial charge in [-0.2, -0.15) is 0 Å². The van der Waals surface area contributed by atoms with E-state index >= 15 is 0 Å². The van der Waals surface area contributed by atoms with Gasteiger partial charge in [-0.1, -0.05) is 36.3 Å². The van der Waals surface area contributed by atoms with E-state index in [1.165, 1.54) is 12.5 Å². The molecule has 1 aromatic carbocycles. The Hall–Kier alpha value is -3.32. The lowest BCUT2D eigenvalue weighted by Crippen LogP contribution is -2.14. The average molecular weight is 474 g/mol. The zero-order valence-electron chi connectivity index (χ0n) is 18.8. The number of carbonyl (C=O) groups is 1. The summed E-state index contributed by atoms with van der Waals surface area (Å²) in [4.78, 5) is 14.9. The lowest BCUT2D eigenvalue weighted by molar-refractivity contribution is 0.109. The van der Waals surface area contributed by atoms with Crippen LogP contribution >= 0.6 is 11.6 Å². The van der Waals surface area contributed by atoms with Gasteiger partial charge >= 0.3 is 0 Å². The quantitative estimate of drug-likeness (QED) is 0.375. The number of aromatic nitrogens is 2. The lowest BCUT2D eigenvalue weighted by atomic mass is 10.0. The summed E-state index contributed by atoms with van der Waals surface area (Å²) in [5.41, 5.74) is 4.67. The standard InChI is InChI=1S/C18H20ClN3O2.C7H6F2/c1-4-5-14(17-8-15(19)10-21-12(17)2)6-7-20-13(3)18-9-16(11-23)24-22-18;1-5-4-6(8)2-3-7(5)9/h5,8-11,20H,3-4,6-7H2,1-2H3;2-4H,1H3/b14-5-;. The Bertz CT molecular complexity index is 1140. The molecule has 33 heavy (non-hydrogen) atoms. The van der Waals surface area contributed by atoms with E-state index in [9.17, 15) is 13.6 Å². The number of aryl methyl sites for hydroxylation is 2. The Kier molecular flexibility index (Phi) is 9.94. The van der Waals surface area contributed by atoms with Crippen molar-refractivity contribution in [3.05, 3.63) is 94.1 Å². The van der Waals surface area contributed by atoms with Crippen LogP contribution in [0.15, 0.2) is 53.7 Å². The molecule has 0 unspecified atom stereocenters. The number of allylic oxidation sites excluding steroid dienone is 1. The van der Waals surface area contributed by atoms with Gasteiger partial charge in [0.2, 0.25) is 0 Å². The first-order valence-electron chi connectivity index (χ1n) is 10.3. The van der Waals surface area contributed by atoms with E-state index in [-0.39, 0.29) is 11.6 Å². The number of hydrogen-bond acceptors (Lipinski definition) is 5. The normalized spacial score (nSPS) is 10.9. The zero-order chi connectivity index (χ0) is 24.4. The monoisotopic (exact) mass is 473 g/mol. The number of nitrogens with zero attached hydrogens (tertiary/aromatic N) is 2. The summed E-state index contributed by atoms with van der Waals surface area (Å²) in [6.07, 6.45) is 6.15. The number of hydrogen-bond donors (Lipinski definition) is 1. The molecular formula is C25H26ClF2N3O2. The minimum absolute atomic E-state index is 0.181. The Morgan fingerprint density at radius 2 is 2.00 bits per heavy atom. The van der Waals surface area contributed by atoms with Gasteiger partial charge in [-0.3, -0.25) is 9.78 Å². The molecule has 3 rings (SSSR count). The summed E-state index contributed by atoms with van der Waals surface area (Å²) in [6, 6.07) is 6.87. The van der Waals surface area contributed by atoms with Crippen molar-refractivity contribution in [1.82, 2.24) is 15.5 Å². The molecule has 0 amide bonds. The van der Waals surface area contributed by atoms with Crippen molar-refractivity contribution < 1.29 is 18.1 Å². The fourth-order valence-electron chi connectivity index (χ4n) is 2.96. The summed E-state index contributed by atoms with van der Waals surface area (Å²) in [5, 5.41) is 7.62. The second-order valence-electron chi connectivity index (χ2n) is 7.21. The number of pyridine rings is 1. The molecule has 0 spiro atoms. The fourth-order valence-corrected chi connectivity index (χ4v) is 3.12.